The first kappa shape index (κ1) is 45.8. The number of nitrogens with zero attached hydrogens (tertiary/aromatic N) is 1. The van der Waals surface area contributed by atoms with E-state index in [0.717, 1.165) is 0 Å². The van der Waals surface area contributed by atoms with E-state index in [1.165, 1.54) is 21.0 Å². The number of carbonyl (C=O) groups is 3. The molecule has 3 saturated heterocycles. The van der Waals surface area contributed by atoms with Gasteiger partial charge in [-0.15, -0.1) is 0 Å². The topological polar surface area (TPSA) is 191 Å². The number of methoxy groups -OCH3 is 1. The molecule has 3 rings (SSSR count). The highest BCUT2D eigenvalue weighted by Crippen LogP contribution is 2.44. The van der Waals surface area contributed by atoms with Crippen molar-refractivity contribution in [2.24, 2.45) is 29.6 Å². The minimum atomic E-state index is -2.07. The Morgan fingerprint density at radius 1 is 0.925 bits per heavy atom. The summed E-state index contributed by atoms with van der Waals surface area (Å²) < 4.78 is 37.1. The van der Waals surface area contributed by atoms with Gasteiger partial charge in [-0.05, 0) is 79.3 Å². The number of aldehydes is 1. The number of ether oxygens (including phenoxy) is 6. The summed E-state index contributed by atoms with van der Waals surface area (Å²) in [5.74, 6) is -6.39. The smallest absolute Gasteiger partial charge is 0.311 e. The molecule has 14 nitrogen and oxygen atoms in total. The zero-order valence-corrected chi connectivity index (χ0v) is 34.0. The number of hydrogen-bond acceptors (Lipinski definition) is 14. The molecule has 0 aromatic heterocycles. The lowest BCUT2D eigenvalue weighted by molar-refractivity contribution is -0.329. The van der Waals surface area contributed by atoms with Crippen LogP contribution in [0.2, 0.25) is 0 Å². The molecule has 0 bridgehead atoms. The number of ketones is 1. The van der Waals surface area contributed by atoms with E-state index in [1.807, 2.05) is 46.7 Å². The molecule has 53 heavy (non-hydrogen) atoms. The third kappa shape index (κ3) is 10.4. The molecule has 3 aliphatic rings. The molecule has 3 fully saturated rings. The minimum Gasteiger partial charge on any atom is -0.459 e. The fourth-order valence-corrected chi connectivity index (χ4v) is 9.19. The molecule has 0 saturated carbocycles. The van der Waals surface area contributed by atoms with Crippen molar-refractivity contribution in [1.29, 1.82) is 0 Å². The summed E-state index contributed by atoms with van der Waals surface area (Å²) in [6.45, 7) is 15.5. The van der Waals surface area contributed by atoms with Gasteiger partial charge in [0.1, 0.15) is 36.5 Å². The number of esters is 1. The Labute approximate surface area is 316 Å². The summed E-state index contributed by atoms with van der Waals surface area (Å²) in [4.78, 5) is 41.0. The fourth-order valence-electron chi connectivity index (χ4n) is 9.19. The molecular weight excluding hydrogens is 690 g/mol. The molecule has 3 aliphatic heterocycles. The third-order valence-corrected chi connectivity index (χ3v) is 12.2. The first-order chi connectivity index (χ1) is 24.6. The van der Waals surface area contributed by atoms with Gasteiger partial charge in [-0.3, -0.25) is 9.59 Å². The Morgan fingerprint density at radius 2 is 1.57 bits per heavy atom. The number of cyclic esters (lactones) is 1. The molecule has 0 amide bonds. The van der Waals surface area contributed by atoms with Crippen LogP contribution in [0.15, 0.2) is 0 Å². The van der Waals surface area contributed by atoms with Crippen molar-refractivity contribution in [3.8, 4) is 0 Å². The maximum Gasteiger partial charge on any atom is 0.311 e. The van der Waals surface area contributed by atoms with Crippen molar-refractivity contribution in [2.75, 3.05) is 27.8 Å². The zero-order chi connectivity index (χ0) is 40.2. The normalized spacial score (nSPS) is 46.8. The molecule has 0 spiro atoms. The van der Waals surface area contributed by atoms with Gasteiger partial charge in [-0.2, -0.15) is 0 Å². The Balaban J connectivity index is 2.14. The van der Waals surface area contributed by atoms with E-state index in [0.29, 0.717) is 19.1 Å². The van der Waals surface area contributed by atoms with Crippen LogP contribution >= 0.6 is 0 Å². The van der Waals surface area contributed by atoms with E-state index in [4.69, 9.17) is 28.4 Å². The van der Waals surface area contributed by atoms with E-state index in [9.17, 15) is 34.8 Å². The summed E-state index contributed by atoms with van der Waals surface area (Å²) in [6, 6.07) is -0.436. The van der Waals surface area contributed by atoms with Crippen molar-refractivity contribution >= 4 is 18.0 Å². The lowest BCUT2D eigenvalue weighted by Crippen LogP contribution is -2.64. The molecular formula is C39H69NO13. The number of carbonyl (C=O) groups excluding carboxylic acids is 3. The quantitative estimate of drug-likeness (QED) is 0.188. The summed E-state index contributed by atoms with van der Waals surface area (Å²) in [5, 5.41) is 46.9. The summed E-state index contributed by atoms with van der Waals surface area (Å²) in [5.41, 5.74) is -3.31. The van der Waals surface area contributed by atoms with Crippen molar-refractivity contribution < 1.29 is 63.2 Å². The molecule has 0 aromatic carbocycles. The van der Waals surface area contributed by atoms with E-state index in [2.05, 4.69) is 0 Å². The van der Waals surface area contributed by atoms with Gasteiger partial charge in [0.15, 0.2) is 12.1 Å². The Kier molecular flexibility index (Phi) is 16.0. The van der Waals surface area contributed by atoms with Crippen LogP contribution in [0.3, 0.4) is 0 Å². The predicted octanol–water partition coefficient (Wildman–Crippen LogP) is 2.63. The lowest BCUT2D eigenvalue weighted by atomic mass is 9.71. The second-order valence-electron chi connectivity index (χ2n) is 16.9. The number of aliphatic hydroxyl groups is 4. The Hall–Kier alpha value is -1.59. The average Bonchev–Trinajstić information content (AvgIpc) is 3.08. The van der Waals surface area contributed by atoms with Crippen LogP contribution in [-0.4, -0.2) is 143 Å². The van der Waals surface area contributed by atoms with E-state index in [1.54, 1.807) is 20.8 Å². The fraction of sp³-hybridized carbons (Fsp3) is 0.923. The summed E-state index contributed by atoms with van der Waals surface area (Å²) in [7, 11) is 5.12. The van der Waals surface area contributed by atoms with Crippen LogP contribution in [0.4, 0.5) is 0 Å². The molecule has 3 heterocycles. The average molecular weight is 760 g/mol. The largest absolute Gasteiger partial charge is 0.459 e. The number of Topliss-reactive ketones (excluding diaryl/α,β-unsaturated/α-hetero) is 1. The maximum absolute atomic E-state index is 14.1. The van der Waals surface area contributed by atoms with Gasteiger partial charge >= 0.3 is 5.97 Å². The highest BCUT2D eigenvalue weighted by molar-refractivity contribution is 5.83. The number of aliphatic hydroxyl groups excluding tert-OH is 2. The van der Waals surface area contributed by atoms with Gasteiger partial charge in [-0.1, -0.05) is 34.6 Å². The van der Waals surface area contributed by atoms with E-state index < -0.39 is 95.6 Å². The number of likely N-dealkylation sites (N-methyl/N-ethyl adjacent to an activating group) is 1. The molecule has 14 heteroatoms. The van der Waals surface area contributed by atoms with Crippen LogP contribution < -0.4 is 0 Å². The van der Waals surface area contributed by atoms with Crippen LogP contribution in [0.5, 0.6) is 0 Å². The maximum atomic E-state index is 14.1. The van der Waals surface area contributed by atoms with E-state index >= 15 is 0 Å². The summed E-state index contributed by atoms with van der Waals surface area (Å²) in [6.07, 6.45) is -5.16. The monoisotopic (exact) mass is 759 g/mol. The van der Waals surface area contributed by atoms with Crippen molar-refractivity contribution in [3.63, 3.8) is 0 Å². The number of rotatable bonds is 10. The van der Waals surface area contributed by atoms with E-state index in [-0.39, 0.29) is 50.1 Å². The van der Waals surface area contributed by atoms with Crippen molar-refractivity contribution in [3.05, 3.63) is 0 Å². The first-order valence-electron chi connectivity index (χ1n) is 19.4. The zero-order valence-electron chi connectivity index (χ0n) is 34.0. The van der Waals surface area contributed by atoms with Crippen LogP contribution in [0, 0.1) is 29.6 Å². The summed E-state index contributed by atoms with van der Waals surface area (Å²) >= 11 is 0. The first-order valence-corrected chi connectivity index (χ1v) is 19.4. The lowest BCUT2D eigenvalue weighted by Gasteiger charge is -2.51. The highest BCUT2D eigenvalue weighted by Gasteiger charge is 2.55. The molecule has 17 atom stereocenters. The standard InChI is InChI=1S/C39H69NO13/c1-13-29-37(9,46)34(43)25(6)31(42)22(3)18-38(48-12,20-39(47)35(44)28(40(10)11)17-24(5)53-39)19-23(4)32(26(7)36(45)51-29)52-30-16-21(2)33(27(8)50-30)49-15-14-41/h14,21-30,32-35,43-44,46-47H,13,15-20H2,1-12H3/t21?,22-,23-,24-,25+,26?,27?,28+,29-,30+,32+,33-,34-,35-,37?,38-,39-/m1/s1. The van der Waals surface area contributed by atoms with Crippen LogP contribution in [0.25, 0.3) is 0 Å². The van der Waals surface area contributed by atoms with Crippen LogP contribution in [-0.2, 0) is 42.8 Å². The second-order valence-corrected chi connectivity index (χ2v) is 16.9. The molecule has 0 aromatic rings. The van der Waals surface area contributed by atoms with Crippen molar-refractivity contribution in [2.45, 2.75) is 173 Å². The Morgan fingerprint density at radius 3 is 2.11 bits per heavy atom. The van der Waals surface area contributed by atoms with Gasteiger partial charge in [0.05, 0.1) is 42.0 Å². The third-order valence-electron chi connectivity index (χ3n) is 12.2. The molecule has 4 unspecified atom stereocenters. The van der Waals surface area contributed by atoms with Gasteiger partial charge in [0.2, 0.25) is 0 Å². The Bertz CT molecular complexity index is 1210. The van der Waals surface area contributed by atoms with Gasteiger partial charge in [0, 0.05) is 37.8 Å². The van der Waals surface area contributed by atoms with Gasteiger partial charge in [-0.25, -0.2) is 0 Å². The molecule has 308 valence electrons. The second kappa shape index (κ2) is 18.6. The highest BCUT2D eigenvalue weighted by atomic mass is 16.7. The molecule has 4 N–H and O–H groups in total. The van der Waals surface area contributed by atoms with Gasteiger partial charge in [0.25, 0.3) is 0 Å². The number of hydrogen-bond donors (Lipinski definition) is 4. The van der Waals surface area contributed by atoms with Gasteiger partial charge < -0.3 is 58.5 Å². The van der Waals surface area contributed by atoms with Crippen LogP contribution in [0.1, 0.15) is 101 Å². The minimum absolute atomic E-state index is 0.0534. The predicted molar refractivity (Wildman–Crippen MR) is 194 cm³/mol. The molecule has 0 aliphatic carbocycles. The van der Waals surface area contributed by atoms with Crippen molar-refractivity contribution in [1.82, 2.24) is 4.90 Å². The SMILES string of the molecule is CC[C@H]1OC(=O)C(C)[C@@H](O[C@H]2CC(C)[C@@H](OCC=O)C(C)O2)[C@H](C)C[C@](C[C@@]2(O)O[C@H](C)C[C@H](N(C)C)[C@H]2O)(OC)C[C@@H](C)C(=O)[C@H](C)[C@@H](O)C1(C)O. The molecule has 0 radical (unpaired) electrons.